The van der Waals surface area contributed by atoms with Crippen molar-refractivity contribution in [1.82, 2.24) is 0 Å². The summed E-state index contributed by atoms with van der Waals surface area (Å²) in [4.78, 5) is 3.43. The highest BCUT2D eigenvalue weighted by molar-refractivity contribution is 7.98. The summed E-state index contributed by atoms with van der Waals surface area (Å²) in [5, 5.41) is 9.42. The van der Waals surface area contributed by atoms with Gasteiger partial charge in [-0.2, -0.15) is 5.26 Å². The number of hydrogen-bond acceptors (Lipinski definition) is 4. The topological polar surface area (TPSA) is 53.0 Å². The van der Waals surface area contributed by atoms with Gasteiger partial charge in [0.05, 0.1) is 11.3 Å². The molecular formula is C15H21N3S. The van der Waals surface area contributed by atoms with E-state index in [-0.39, 0.29) is 0 Å². The first-order valence-corrected chi connectivity index (χ1v) is 8.04. The van der Waals surface area contributed by atoms with Gasteiger partial charge in [-0.05, 0) is 50.1 Å². The lowest BCUT2D eigenvalue weighted by Crippen LogP contribution is -2.36. The van der Waals surface area contributed by atoms with Crippen LogP contribution in [-0.2, 0) is 0 Å². The van der Waals surface area contributed by atoms with E-state index < -0.39 is 0 Å². The van der Waals surface area contributed by atoms with E-state index >= 15 is 0 Å². The molecule has 0 spiro atoms. The predicted octanol–water partition coefficient (Wildman–Crippen LogP) is 2.85. The smallest absolute Gasteiger partial charge is 0.103 e. The van der Waals surface area contributed by atoms with Crippen LogP contribution in [0.5, 0.6) is 0 Å². The molecule has 1 aromatic carbocycles. The van der Waals surface area contributed by atoms with Gasteiger partial charge in [0.15, 0.2) is 0 Å². The van der Waals surface area contributed by atoms with Crippen LogP contribution in [0.25, 0.3) is 0 Å². The van der Waals surface area contributed by atoms with Crippen LogP contribution in [0.4, 0.5) is 5.69 Å². The van der Waals surface area contributed by atoms with E-state index in [1.165, 1.54) is 12.8 Å². The first-order chi connectivity index (χ1) is 9.30. The van der Waals surface area contributed by atoms with Crippen LogP contribution in [0.15, 0.2) is 23.1 Å². The van der Waals surface area contributed by atoms with Gasteiger partial charge < -0.3 is 10.6 Å². The number of nitrogens with two attached hydrogens (primary N) is 1. The van der Waals surface area contributed by atoms with Gasteiger partial charge in [-0.3, -0.25) is 0 Å². The first-order valence-electron chi connectivity index (χ1n) is 6.82. The zero-order valence-electron chi connectivity index (χ0n) is 11.4. The van der Waals surface area contributed by atoms with Gasteiger partial charge in [0.2, 0.25) is 0 Å². The minimum atomic E-state index is 0.670. The summed E-state index contributed by atoms with van der Waals surface area (Å²) in [7, 11) is 0. The SMILES string of the molecule is CSc1cccc(N2CCCC(CCN)C2)c1C#N. The lowest BCUT2D eigenvalue weighted by atomic mass is 9.94. The monoisotopic (exact) mass is 275 g/mol. The van der Waals surface area contributed by atoms with Crippen LogP contribution in [0.2, 0.25) is 0 Å². The minimum absolute atomic E-state index is 0.670. The van der Waals surface area contributed by atoms with E-state index in [0.717, 1.165) is 42.2 Å². The van der Waals surface area contributed by atoms with Crippen LogP contribution in [0.1, 0.15) is 24.8 Å². The third-order valence-electron chi connectivity index (χ3n) is 3.77. The quantitative estimate of drug-likeness (QED) is 0.859. The summed E-state index contributed by atoms with van der Waals surface area (Å²) in [6, 6.07) is 8.52. The van der Waals surface area contributed by atoms with E-state index in [0.29, 0.717) is 5.92 Å². The zero-order chi connectivity index (χ0) is 13.7. The van der Waals surface area contributed by atoms with Crippen molar-refractivity contribution < 1.29 is 0 Å². The molecule has 0 bridgehead atoms. The maximum atomic E-state index is 9.42. The van der Waals surface area contributed by atoms with Gasteiger partial charge in [0.1, 0.15) is 6.07 Å². The fourth-order valence-electron chi connectivity index (χ4n) is 2.82. The Hall–Kier alpha value is -1.18. The maximum Gasteiger partial charge on any atom is 0.103 e. The van der Waals surface area contributed by atoms with Gasteiger partial charge >= 0.3 is 0 Å². The van der Waals surface area contributed by atoms with E-state index in [4.69, 9.17) is 5.73 Å². The van der Waals surface area contributed by atoms with Gasteiger partial charge in [-0.15, -0.1) is 11.8 Å². The molecule has 19 heavy (non-hydrogen) atoms. The van der Waals surface area contributed by atoms with Crippen molar-refractivity contribution >= 4 is 17.4 Å². The molecule has 1 saturated heterocycles. The Kier molecular flexibility index (Phi) is 5.12. The lowest BCUT2D eigenvalue weighted by Gasteiger charge is -2.35. The zero-order valence-corrected chi connectivity index (χ0v) is 12.2. The fourth-order valence-corrected chi connectivity index (χ4v) is 3.39. The molecule has 4 heteroatoms. The van der Waals surface area contributed by atoms with Gasteiger partial charge in [0.25, 0.3) is 0 Å². The average molecular weight is 275 g/mol. The van der Waals surface area contributed by atoms with Crippen LogP contribution >= 0.6 is 11.8 Å². The second kappa shape index (κ2) is 6.83. The predicted molar refractivity (Wildman–Crippen MR) is 81.5 cm³/mol. The third-order valence-corrected chi connectivity index (χ3v) is 4.55. The summed E-state index contributed by atoms with van der Waals surface area (Å²) in [5.41, 5.74) is 7.59. The number of hydrogen-bond donors (Lipinski definition) is 1. The van der Waals surface area contributed by atoms with Gasteiger partial charge in [-0.1, -0.05) is 6.07 Å². The molecule has 0 aromatic heterocycles. The van der Waals surface area contributed by atoms with Crippen LogP contribution < -0.4 is 10.6 Å². The summed E-state index contributed by atoms with van der Waals surface area (Å²) >= 11 is 1.64. The van der Waals surface area contributed by atoms with Gasteiger partial charge in [-0.25, -0.2) is 0 Å². The normalized spacial score (nSPS) is 19.2. The molecule has 0 saturated carbocycles. The second-order valence-electron chi connectivity index (χ2n) is 5.00. The Morgan fingerprint density at radius 1 is 1.53 bits per heavy atom. The number of anilines is 1. The Morgan fingerprint density at radius 2 is 2.37 bits per heavy atom. The second-order valence-corrected chi connectivity index (χ2v) is 5.85. The first kappa shape index (κ1) is 14.2. The van der Waals surface area contributed by atoms with Crippen LogP contribution in [-0.4, -0.2) is 25.9 Å². The molecular weight excluding hydrogens is 254 g/mol. The van der Waals surface area contributed by atoms with E-state index in [2.05, 4.69) is 23.1 Å². The molecule has 0 aliphatic carbocycles. The maximum absolute atomic E-state index is 9.42. The van der Waals surface area contributed by atoms with Crippen molar-refractivity contribution in [3.8, 4) is 6.07 Å². The number of nitrogens with zero attached hydrogens (tertiary/aromatic N) is 2. The summed E-state index contributed by atoms with van der Waals surface area (Å²) in [6.45, 7) is 2.84. The molecule has 0 radical (unpaired) electrons. The summed E-state index contributed by atoms with van der Waals surface area (Å²) in [5.74, 6) is 0.670. The number of nitriles is 1. The van der Waals surface area contributed by atoms with Crippen molar-refractivity contribution in [3.05, 3.63) is 23.8 Å². The molecule has 1 fully saturated rings. The third kappa shape index (κ3) is 3.23. The van der Waals surface area contributed by atoms with Crippen molar-refractivity contribution in [3.63, 3.8) is 0 Å². The molecule has 1 unspecified atom stereocenters. The minimum Gasteiger partial charge on any atom is -0.370 e. The van der Waals surface area contributed by atoms with Crippen LogP contribution in [0.3, 0.4) is 0 Å². The van der Waals surface area contributed by atoms with Crippen LogP contribution in [0, 0.1) is 17.2 Å². The molecule has 102 valence electrons. The van der Waals surface area contributed by atoms with Crippen molar-refractivity contribution in [1.29, 1.82) is 5.26 Å². The van der Waals surface area contributed by atoms with Gasteiger partial charge in [0, 0.05) is 18.0 Å². The highest BCUT2D eigenvalue weighted by Gasteiger charge is 2.22. The van der Waals surface area contributed by atoms with Crippen molar-refractivity contribution in [2.75, 3.05) is 30.8 Å². The van der Waals surface area contributed by atoms with Crippen molar-refractivity contribution in [2.24, 2.45) is 11.7 Å². The summed E-state index contributed by atoms with van der Waals surface area (Å²) < 4.78 is 0. The molecule has 2 N–H and O–H groups in total. The lowest BCUT2D eigenvalue weighted by molar-refractivity contribution is 0.396. The number of thioether (sulfide) groups is 1. The van der Waals surface area contributed by atoms with E-state index in [1.807, 2.05) is 12.3 Å². The van der Waals surface area contributed by atoms with E-state index in [9.17, 15) is 5.26 Å². The Bertz CT molecular complexity index is 465. The molecule has 1 aliphatic rings. The molecule has 1 atom stereocenters. The Morgan fingerprint density at radius 3 is 3.05 bits per heavy atom. The highest BCUT2D eigenvalue weighted by Crippen LogP contribution is 2.32. The van der Waals surface area contributed by atoms with E-state index in [1.54, 1.807) is 11.8 Å². The fraction of sp³-hybridized carbons (Fsp3) is 0.533. The molecule has 1 aliphatic heterocycles. The van der Waals surface area contributed by atoms with Crippen molar-refractivity contribution in [2.45, 2.75) is 24.2 Å². The summed E-state index contributed by atoms with van der Waals surface area (Å²) in [6.07, 6.45) is 5.56. The number of rotatable bonds is 4. The molecule has 3 nitrogen and oxygen atoms in total. The molecule has 2 rings (SSSR count). The largest absolute Gasteiger partial charge is 0.370 e. The number of benzene rings is 1. The Labute approximate surface area is 119 Å². The Balaban J connectivity index is 2.24. The number of piperidine rings is 1. The molecule has 0 amide bonds. The molecule has 1 aromatic rings. The average Bonchev–Trinajstić information content (AvgIpc) is 2.47. The standard InChI is InChI=1S/C15H21N3S/c1-19-15-6-2-5-14(13(15)10-17)18-9-3-4-12(11-18)7-8-16/h2,5-6,12H,3-4,7-9,11,16H2,1H3. The molecule has 1 heterocycles. The highest BCUT2D eigenvalue weighted by atomic mass is 32.2.